The van der Waals surface area contributed by atoms with E-state index in [9.17, 15) is 4.79 Å². The predicted molar refractivity (Wildman–Crippen MR) is 109 cm³/mol. The van der Waals surface area contributed by atoms with Crippen molar-refractivity contribution in [2.75, 3.05) is 18.5 Å². The average Bonchev–Trinajstić information content (AvgIpc) is 2.65. The maximum absolute atomic E-state index is 11.6. The van der Waals surface area contributed by atoms with Gasteiger partial charge in [-0.25, -0.2) is 4.79 Å². The minimum Gasteiger partial charge on any atom is -0.495 e. The van der Waals surface area contributed by atoms with E-state index in [1.807, 2.05) is 36.4 Å². The molecular formula is C23H27NO2U. The number of carbonyl (C=O) groups excluding carboxylic acids is 1. The Morgan fingerprint density at radius 3 is 2.07 bits per heavy atom. The fourth-order valence-electron chi connectivity index (χ4n) is 2.29. The number of ether oxygens (including phenoxy) is 1. The molecule has 140 valence electrons. The first-order valence-electron chi connectivity index (χ1n) is 8.65. The maximum atomic E-state index is 11.6. The van der Waals surface area contributed by atoms with Crippen LogP contribution in [0.1, 0.15) is 47.7 Å². The first-order valence-corrected chi connectivity index (χ1v) is 8.65. The van der Waals surface area contributed by atoms with E-state index in [-0.39, 0.29) is 51.1 Å². The van der Waals surface area contributed by atoms with Gasteiger partial charge in [0.2, 0.25) is 0 Å². The van der Waals surface area contributed by atoms with E-state index in [4.69, 9.17) is 4.74 Å². The Morgan fingerprint density at radius 1 is 1.00 bits per heavy atom. The van der Waals surface area contributed by atoms with Gasteiger partial charge in [-0.3, -0.25) is 0 Å². The van der Waals surface area contributed by atoms with E-state index in [0.29, 0.717) is 5.56 Å². The molecule has 0 aliphatic heterocycles. The normalized spacial score (nSPS) is 9.11. The summed E-state index contributed by atoms with van der Waals surface area (Å²) in [6.07, 6.45) is 3.67. The fraction of sp³-hybridized carbons (Fsp3) is 0.261. The Hall–Kier alpha value is -1.68. The second kappa shape index (κ2) is 14.4. The van der Waals surface area contributed by atoms with Crippen molar-refractivity contribution in [3.8, 4) is 11.8 Å². The third-order valence-corrected chi connectivity index (χ3v) is 3.70. The van der Waals surface area contributed by atoms with Gasteiger partial charge in [0.1, 0.15) is 0 Å². The third-order valence-electron chi connectivity index (χ3n) is 3.70. The minimum absolute atomic E-state index is 0. The quantitative estimate of drug-likeness (QED) is 0.211. The summed E-state index contributed by atoms with van der Waals surface area (Å²) in [6.45, 7) is 6.83. The molecule has 0 unspecified atom stereocenters. The predicted octanol–water partition coefficient (Wildman–Crippen LogP) is 5.13. The SMILES string of the molecule is [CH2-]COC(=O)c1ccc(C#Cc2ccc(NCCCCC)cc2)cc1.[CH3-].[U+2]. The van der Waals surface area contributed by atoms with Crippen LogP contribution in [0.2, 0.25) is 0 Å². The minimum atomic E-state index is -0.364. The molecular weight excluding hydrogens is 560 g/mol. The summed E-state index contributed by atoms with van der Waals surface area (Å²) >= 11 is 0. The van der Waals surface area contributed by atoms with Crippen LogP contribution >= 0.6 is 0 Å². The first-order chi connectivity index (χ1) is 12.2. The molecule has 2 aromatic rings. The number of rotatable bonds is 7. The number of unbranched alkanes of at least 4 members (excludes halogenated alkanes) is 2. The van der Waals surface area contributed by atoms with Gasteiger partial charge in [0.05, 0.1) is 5.56 Å². The number of hydrogen-bond donors (Lipinski definition) is 1. The van der Waals surface area contributed by atoms with Crippen LogP contribution in [0, 0.1) is 57.3 Å². The molecule has 0 aromatic heterocycles. The number of hydrogen-bond acceptors (Lipinski definition) is 3. The Morgan fingerprint density at radius 2 is 1.56 bits per heavy atom. The third kappa shape index (κ3) is 9.19. The molecule has 2 rings (SSSR count). The summed E-state index contributed by atoms with van der Waals surface area (Å²) in [5.74, 6) is 5.87. The van der Waals surface area contributed by atoms with Crippen LogP contribution in [-0.4, -0.2) is 19.1 Å². The van der Waals surface area contributed by atoms with Crippen LogP contribution in [0.15, 0.2) is 48.5 Å². The summed E-state index contributed by atoms with van der Waals surface area (Å²) in [5, 5.41) is 3.41. The van der Waals surface area contributed by atoms with Gasteiger partial charge in [-0.05, 0) is 61.6 Å². The van der Waals surface area contributed by atoms with Gasteiger partial charge in [-0.15, -0.1) is 0 Å². The van der Waals surface area contributed by atoms with Crippen LogP contribution in [0.4, 0.5) is 5.69 Å². The molecule has 1 N–H and O–H groups in total. The van der Waals surface area contributed by atoms with Crippen LogP contribution in [0.5, 0.6) is 0 Å². The molecule has 0 radical (unpaired) electrons. The van der Waals surface area contributed by atoms with Crippen LogP contribution in [0.25, 0.3) is 0 Å². The molecule has 4 heteroatoms. The largest absolute Gasteiger partial charge is 2.00 e. The smallest absolute Gasteiger partial charge is 0.495 e. The van der Waals surface area contributed by atoms with Gasteiger partial charge in [0, 0.05) is 23.4 Å². The Bertz CT molecular complexity index is 728. The zero-order valence-corrected chi connectivity index (χ0v) is 20.3. The van der Waals surface area contributed by atoms with E-state index in [2.05, 4.69) is 31.0 Å². The molecule has 27 heavy (non-hydrogen) atoms. The van der Waals surface area contributed by atoms with Crippen molar-refractivity contribution in [2.24, 2.45) is 0 Å². The number of benzene rings is 2. The van der Waals surface area contributed by atoms with Crippen LogP contribution in [0.3, 0.4) is 0 Å². The molecule has 0 atom stereocenters. The van der Waals surface area contributed by atoms with E-state index >= 15 is 0 Å². The van der Waals surface area contributed by atoms with Gasteiger partial charge in [-0.1, -0.05) is 31.6 Å². The Kier molecular flexibility index (Phi) is 13.5. The molecule has 0 saturated heterocycles. The fourth-order valence-corrected chi connectivity index (χ4v) is 2.29. The van der Waals surface area contributed by atoms with Crippen molar-refractivity contribution in [2.45, 2.75) is 26.2 Å². The summed E-state index contributed by atoms with van der Waals surface area (Å²) < 4.78 is 4.86. The molecule has 0 spiro atoms. The topological polar surface area (TPSA) is 38.3 Å². The number of carbonyl (C=O) groups is 1. The Labute approximate surface area is 187 Å². The number of esters is 1. The van der Waals surface area contributed by atoms with Crippen molar-refractivity contribution >= 4 is 11.7 Å². The molecule has 0 aliphatic carbocycles. The Balaban J connectivity index is 0.00000338. The monoisotopic (exact) mass is 587 g/mol. The number of nitrogens with one attached hydrogen (secondary N) is 1. The van der Waals surface area contributed by atoms with Crippen LogP contribution in [-0.2, 0) is 4.74 Å². The van der Waals surface area contributed by atoms with Gasteiger partial charge in [0.15, 0.2) is 0 Å². The zero-order valence-electron chi connectivity index (χ0n) is 16.2. The summed E-state index contributed by atoms with van der Waals surface area (Å²) in [6, 6.07) is 15.2. The van der Waals surface area contributed by atoms with Gasteiger partial charge in [-0.2, -0.15) is 0 Å². The summed E-state index contributed by atoms with van der Waals surface area (Å²) in [4.78, 5) is 11.6. The van der Waals surface area contributed by atoms with E-state index in [1.54, 1.807) is 12.1 Å². The second-order valence-corrected chi connectivity index (χ2v) is 5.67. The molecule has 0 heterocycles. The van der Waals surface area contributed by atoms with Crippen molar-refractivity contribution in [1.29, 1.82) is 0 Å². The molecule has 3 nitrogen and oxygen atoms in total. The maximum Gasteiger partial charge on any atom is 2.00 e. The second-order valence-electron chi connectivity index (χ2n) is 5.67. The standard InChI is InChI=1S/C22H24NO2.CH3.U/c1-3-5-6-17-23-21-15-11-19(12-16-21)8-7-18-9-13-20(14-10-18)22(24)25-4-2;;/h9-16,23H,2-6,17H2,1H3;1H3;/q2*-1;+2. The van der Waals surface area contributed by atoms with Gasteiger partial charge < -0.3 is 24.4 Å². The van der Waals surface area contributed by atoms with E-state index in [0.717, 1.165) is 23.4 Å². The van der Waals surface area contributed by atoms with Gasteiger partial charge >= 0.3 is 37.1 Å². The zero-order chi connectivity index (χ0) is 17.9. The van der Waals surface area contributed by atoms with E-state index in [1.165, 1.54) is 19.3 Å². The summed E-state index contributed by atoms with van der Waals surface area (Å²) in [5.41, 5.74) is 3.44. The van der Waals surface area contributed by atoms with Crippen LogP contribution < -0.4 is 5.32 Å². The first kappa shape index (κ1) is 25.3. The average molecular weight is 588 g/mol. The molecule has 0 bridgehead atoms. The van der Waals surface area contributed by atoms with Crippen molar-refractivity contribution in [3.05, 3.63) is 79.6 Å². The molecule has 0 fully saturated rings. The summed E-state index contributed by atoms with van der Waals surface area (Å²) in [7, 11) is 0. The molecule has 0 saturated carbocycles. The molecule has 0 aliphatic rings. The van der Waals surface area contributed by atoms with E-state index < -0.39 is 0 Å². The molecule has 0 amide bonds. The number of anilines is 1. The van der Waals surface area contributed by atoms with Crippen molar-refractivity contribution < 1.29 is 40.6 Å². The van der Waals surface area contributed by atoms with Crippen molar-refractivity contribution in [3.63, 3.8) is 0 Å². The molecule has 2 aromatic carbocycles. The van der Waals surface area contributed by atoms with Crippen molar-refractivity contribution in [1.82, 2.24) is 0 Å². The van der Waals surface area contributed by atoms with Gasteiger partial charge in [0.25, 0.3) is 0 Å².